The van der Waals surface area contributed by atoms with E-state index in [0.29, 0.717) is 0 Å². The van der Waals surface area contributed by atoms with E-state index in [1.165, 1.54) is 0 Å². The minimum absolute atomic E-state index is 1.02. The summed E-state index contributed by atoms with van der Waals surface area (Å²) in [6, 6.07) is 0. The molecule has 0 spiro atoms. The summed E-state index contributed by atoms with van der Waals surface area (Å²) < 4.78 is 1.09. The maximum atomic E-state index is 4.50. The number of thiazole rings is 1. The third kappa shape index (κ3) is 3.64. The van der Waals surface area contributed by atoms with Crippen LogP contribution in [0.4, 0.5) is 0 Å². The number of rotatable bonds is 4. The van der Waals surface area contributed by atoms with Gasteiger partial charge in [-0.3, -0.25) is 4.99 Å². The largest absolute Gasteiger partial charge is 0.296 e. The van der Waals surface area contributed by atoms with E-state index in [9.17, 15) is 0 Å². The van der Waals surface area contributed by atoms with E-state index < -0.39 is 0 Å². The number of thioether (sulfide) groups is 1. The Bertz CT molecular complexity index is 389. The summed E-state index contributed by atoms with van der Waals surface area (Å²) in [5, 5.41) is 2.07. The Morgan fingerprint density at radius 1 is 1.60 bits per heavy atom. The van der Waals surface area contributed by atoms with Gasteiger partial charge in [-0.15, -0.1) is 11.3 Å². The van der Waals surface area contributed by atoms with Gasteiger partial charge in [0, 0.05) is 24.2 Å². The number of hydrogen-bond acceptors (Lipinski definition) is 4. The molecule has 0 aliphatic carbocycles. The predicted octanol–water partition coefficient (Wildman–Crippen LogP) is 3.53. The Labute approximate surface area is 98.9 Å². The second kappa shape index (κ2) is 6.58. The Morgan fingerprint density at radius 2 is 2.40 bits per heavy atom. The number of allylic oxidation sites excluding steroid dienone is 4. The van der Waals surface area contributed by atoms with Crippen molar-refractivity contribution in [3.05, 3.63) is 29.3 Å². The van der Waals surface area contributed by atoms with Crippen LogP contribution in [0.25, 0.3) is 5.57 Å². The number of aliphatic imine (C=N–C) groups is 1. The summed E-state index contributed by atoms with van der Waals surface area (Å²) in [7, 11) is 1.76. The molecule has 80 valence electrons. The molecule has 0 bridgehead atoms. The van der Waals surface area contributed by atoms with Gasteiger partial charge in [0.2, 0.25) is 0 Å². The second-order valence-corrected chi connectivity index (χ2v) is 4.64. The molecule has 1 aromatic rings. The standard InChI is InChI=1S/C11H14N2S2/c1-4-5-9(6-7-12-2)10-8-15-11(13-10)14-3/h4-8H,1-3H3/b5-4-,9-6+,12-7+. The molecule has 0 radical (unpaired) electrons. The number of hydrogen-bond donors (Lipinski definition) is 0. The summed E-state index contributed by atoms with van der Waals surface area (Å²) in [5.41, 5.74) is 2.11. The van der Waals surface area contributed by atoms with Crippen molar-refractivity contribution in [1.29, 1.82) is 0 Å². The van der Waals surface area contributed by atoms with Crippen LogP contribution in [-0.4, -0.2) is 24.5 Å². The maximum absolute atomic E-state index is 4.50. The molecule has 15 heavy (non-hydrogen) atoms. The van der Waals surface area contributed by atoms with Crippen LogP contribution in [0.15, 0.2) is 32.9 Å². The lowest BCUT2D eigenvalue weighted by atomic mass is 10.2. The van der Waals surface area contributed by atoms with Crippen LogP contribution in [0.5, 0.6) is 0 Å². The van der Waals surface area contributed by atoms with Crippen molar-refractivity contribution in [3.8, 4) is 0 Å². The van der Waals surface area contributed by atoms with Gasteiger partial charge < -0.3 is 0 Å². The first-order valence-electron chi connectivity index (χ1n) is 4.56. The fraction of sp³-hybridized carbons (Fsp3) is 0.273. The van der Waals surface area contributed by atoms with Crippen molar-refractivity contribution >= 4 is 34.9 Å². The van der Waals surface area contributed by atoms with Crippen LogP contribution in [0, 0.1) is 0 Å². The first kappa shape index (κ1) is 12.2. The fourth-order valence-electron chi connectivity index (χ4n) is 1.04. The van der Waals surface area contributed by atoms with Gasteiger partial charge in [-0.25, -0.2) is 4.98 Å². The number of nitrogens with zero attached hydrogens (tertiary/aromatic N) is 2. The second-order valence-electron chi connectivity index (χ2n) is 2.73. The molecular weight excluding hydrogens is 224 g/mol. The van der Waals surface area contributed by atoms with E-state index in [4.69, 9.17) is 0 Å². The van der Waals surface area contributed by atoms with Gasteiger partial charge in [0.05, 0.1) is 5.69 Å². The van der Waals surface area contributed by atoms with Crippen molar-refractivity contribution in [1.82, 2.24) is 4.98 Å². The molecule has 0 fully saturated rings. The average Bonchev–Trinajstić information content (AvgIpc) is 2.72. The minimum atomic E-state index is 1.02. The fourth-order valence-corrected chi connectivity index (χ4v) is 2.32. The molecule has 0 saturated heterocycles. The van der Waals surface area contributed by atoms with E-state index in [1.807, 2.05) is 31.4 Å². The van der Waals surface area contributed by atoms with Gasteiger partial charge in [-0.1, -0.05) is 23.9 Å². The summed E-state index contributed by atoms with van der Waals surface area (Å²) in [6.45, 7) is 2.00. The zero-order valence-electron chi connectivity index (χ0n) is 9.10. The molecule has 2 nitrogen and oxygen atoms in total. The lowest BCUT2D eigenvalue weighted by molar-refractivity contribution is 1.22. The molecule has 1 rings (SSSR count). The summed E-state index contributed by atoms with van der Waals surface area (Å²) >= 11 is 3.34. The third-order valence-corrected chi connectivity index (χ3v) is 3.57. The van der Waals surface area contributed by atoms with Crippen molar-refractivity contribution in [2.45, 2.75) is 11.3 Å². The average molecular weight is 238 g/mol. The summed E-state index contributed by atoms with van der Waals surface area (Å²) in [4.78, 5) is 8.45. The molecule has 0 aliphatic rings. The van der Waals surface area contributed by atoms with Gasteiger partial charge in [-0.2, -0.15) is 0 Å². The van der Waals surface area contributed by atoms with E-state index in [1.54, 1.807) is 36.4 Å². The Balaban J connectivity index is 2.98. The van der Waals surface area contributed by atoms with Crippen LogP contribution < -0.4 is 0 Å². The van der Waals surface area contributed by atoms with Crippen molar-refractivity contribution in [2.24, 2.45) is 4.99 Å². The molecule has 0 aliphatic heterocycles. The molecular formula is C11H14N2S2. The first-order chi connectivity index (χ1) is 7.31. The highest BCUT2D eigenvalue weighted by atomic mass is 32.2. The smallest absolute Gasteiger partial charge is 0.150 e. The van der Waals surface area contributed by atoms with Gasteiger partial charge in [0.25, 0.3) is 0 Å². The zero-order chi connectivity index (χ0) is 11.1. The highest BCUT2D eigenvalue weighted by molar-refractivity contribution is 8.00. The molecule has 0 N–H and O–H groups in total. The van der Waals surface area contributed by atoms with E-state index in [0.717, 1.165) is 15.6 Å². The lowest BCUT2D eigenvalue weighted by Gasteiger charge is -1.94. The molecule has 0 amide bonds. The minimum Gasteiger partial charge on any atom is -0.296 e. The van der Waals surface area contributed by atoms with Gasteiger partial charge >= 0.3 is 0 Å². The van der Waals surface area contributed by atoms with Crippen LogP contribution in [0.2, 0.25) is 0 Å². The molecule has 4 heteroatoms. The van der Waals surface area contributed by atoms with Gasteiger partial charge in [-0.05, 0) is 19.3 Å². The normalized spacial score (nSPS) is 13.1. The van der Waals surface area contributed by atoms with Gasteiger partial charge in [0.1, 0.15) is 4.34 Å². The SMILES string of the molecule is C\C=C/C(=C\C=N\C)c1csc(SC)n1. The molecule has 0 atom stereocenters. The molecule has 1 aromatic heterocycles. The van der Waals surface area contributed by atoms with Crippen LogP contribution in [-0.2, 0) is 0 Å². The van der Waals surface area contributed by atoms with Crippen LogP contribution in [0.3, 0.4) is 0 Å². The van der Waals surface area contributed by atoms with E-state index in [-0.39, 0.29) is 0 Å². The highest BCUT2D eigenvalue weighted by Crippen LogP contribution is 2.24. The van der Waals surface area contributed by atoms with E-state index in [2.05, 4.69) is 15.4 Å². The first-order valence-corrected chi connectivity index (χ1v) is 6.67. The number of aromatic nitrogens is 1. The Morgan fingerprint density at radius 3 is 2.93 bits per heavy atom. The molecule has 0 aromatic carbocycles. The Kier molecular flexibility index (Phi) is 5.36. The predicted molar refractivity (Wildman–Crippen MR) is 71.1 cm³/mol. The summed E-state index contributed by atoms with van der Waals surface area (Å²) in [6.07, 6.45) is 9.84. The Hall–Kier alpha value is -0.870. The third-order valence-electron chi connectivity index (χ3n) is 1.70. The van der Waals surface area contributed by atoms with Crippen LogP contribution in [0.1, 0.15) is 12.6 Å². The molecule has 0 saturated carbocycles. The van der Waals surface area contributed by atoms with Crippen molar-refractivity contribution in [3.63, 3.8) is 0 Å². The van der Waals surface area contributed by atoms with Crippen LogP contribution >= 0.6 is 23.1 Å². The maximum Gasteiger partial charge on any atom is 0.150 e. The quantitative estimate of drug-likeness (QED) is 0.455. The molecule has 0 unspecified atom stereocenters. The topological polar surface area (TPSA) is 25.2 Å². The highest BCUT2D eigenvalue weighted by Gasteiger charge is 2.03. The van der Waals surface area contributed by atoms with E-state index >= 15 is 0 Å². The molecule has 1 heterocycles. The monoisotopic (exact) mass is 238 g/mol. The van der Waals surface area contributed by atoms with Crippen molar-refractivity contribution in [2.75, 3.05) is 13.3 Å². The lowest BCUT2D eigenvalue weighted by Crippen LogP contribution is -1.82. The van der Waals surface area contributed by atoms with Gasteiger partial charge in [0.15, 0.2) is 0 Å². The van der Waals surface area contributed by atoms with Crippen molar-refractivity contribution < 1.29 is 0 Å². The summed E-state index contributed by atoms with van der Waals surface area (Å²) in [5.74, 6) is 0. The zero-order valence-corrected chi connectivity index (χ0v) is 10.7.